The molecule has 1 aliphatic heterocycles. The summed E-state index contributed by atoms with van der Waals surface area (Å²) in [6, 6.07) is 0. The summed E-state index contributed by atoms with van der Waals surface area (Å²) in [6.45, 7) is 3.50. The van der Waals surface area contributed by atoms with Crippen molar-refractivity contribution < 1.29 is 42.7 Å². The standard InChI is InChI=1S/C47H79O9P/c1-3-5-7-8-9-10-11-12-13-14-15-16-17-18-23-26-29-32-36-40-47(49)55-43(42-54-57(50,51)52)41-53-46(48)39-35-31-28-25-22-20-19-21-24-27-30-34-38-45-44(56-45)37-33-6-4-2/h6,12-13,20-22,24,28,30-31,33-34,43-45H,3-5,7-11,14-19,23,25-27,29,32,35-42H2,1-2H3,(H2,50,51,52)/b13-12-,22-20-,24-21-,31-28-,33-6-,34-30-/t43-,44?,45?/m1/s1. The Hall–Kier alpha value is -2.55. The summed E-state index contributed by atoms with van der Waals surface area (Å²) in [4.78, 5) is 42.9. The number of ether oxygens (including phenoxy) is 3. The van der Waals surface area contributed by atoms with E-state index in [1.165, 1.54) is 83.5 Å². The summed E-state index contributed by atoms with van der Waals surface area (Å²) in [5.41, 5.74) is 0. The van der Waals surface area contributed by atoms with Crippen molar-refractivity contribution in [1.82, 2.24) is 0 Å². The molecule has 0 bridgehead atoms. The Morgan fingerprint density at radius 3 is 1.58 bits per heavy atom. The van der Waals surface area contributed by atoms with Gasteiger partial charge >= 0.3 is 19.8 Å². The van der Waals surface area contributed by atoms with Gasteiger partial charge in [0.05, 0.1) is 18.8 Å². The molecule has 0 aromatic heterocycles. The molecule has 0 aromatic rings. The zero-order valence-electron chi connectivity index (χ0n) is 35.7. The maximum atomic E-state index is 12.4. The van der Waals surface area contributed by atoms with Crippen LogP contribution in [0.5, 0.6) is 0 Å². The predicted molar refractivity (Wildman–Crippen MR) is 234 cm³/mol. The Labute approximate surface area is 346 Å². The highest BCUT2D eigenvalue weighted by molar-refractivity contribution is 7.46. The molecule has 2 unspecified atom stereocenters. The summed E-state index contributed by atoms with van der Waals surface area (Å²) in [7, 11) is -4.78. The van der Waals surface area contributed by atoms with E-state index in [1.807, 2.05) is 12.2 Å². The quantitative estimate of drug-likeness (QED) is 0.0204. The van der Waals surface area contributed by atoms with Crippen LogP contribution < -0.4 is 0 Å². The third kappa shape index (κ3) is 37.5. The minimum atomic E-state index is -4.78. The van der Waals surface area contributed by atoms with Crippen LogP contribution in [0.3, 0.4) is 0 Å². The van der Waals surface area contributed by atoms with Crippen molar-refractivity contribution >= 4 is 19.8 Å². The van der Waals surface area contributed by atoms with Crippen LogP contribution in [0.2, 0.25) is 0 Å². The van der Waals surface area contributed by atoms with E-state index < -0.39 is 32.5 Å². The number of hydrogen-bond donors (Lipinski definition) is 2. The zero-order valence-corrected chi connectivity index (χ0v) is 36.6. The van der Waals surface area contributed by atoms with Gasteiger partial charge in [0.15, 0.2) is 6.10 Å². The predicted octanol–water partition coefficient (Wildman–Crippen LogP) is 12.8. The number of phosphoric acid groups is 1. The Balaban J connectivity index is 2.09. The van der Waals surface area contributed by atoms with E-state index >= 15 is 0 Å². The third-order valence-electron chi connectivity index (χ3n) is 9.62. The lowest BCUT2D eigenvalue weighted by molar-refractivity contribution is -0.161. The third-order valence-corrected chi connectivity index (χ3v) is 10.1. The van der Waals surface area contributed by atoms with Crippen LogP contribution in [0.15, 0.2) is 72.9 Å². The number of carbonyl (C=O) groups excluding carboxylic acids is 2. The second-order valence-electron chi connectivity index (χ2n) is 15.0. The van der Waals surface area contributed by atoms with Gasteiger partial charge in [-0.25, -0.2) is 4.57 Å². The fraction of sp³-hybridized carbons (Fsp3) is 0.702. The number of epoxide rings is 1. The second kappa shape index (κ2) is 37.7. The van der Waals surface area contributed by atoms with Crippen LogP contribution in [0, 0.1) is 0 Å². The highest BCUT2D eigenvalue weighted by atomic mass is 31.2. The molecule has 0 aliphatic carbocycles. The lowest BCUT2D eigenvalue weighted by Crippen LogP contribution is -2.29. The molecule has 0 amide bonds. The number of allylic oxidation sites excluding steroid dienone is 10. The number of carbonyl (C=O) groups is 2. The van der Waals surface area contributed by atoms with E-state index in [4.69, 9.17) is 24.0 Å². The van der Waals surface area contributed by atoms with Crippen LogP contribution >= 0.6 is 7.82 Å². The molecule has 326 valence electrons. The van der Waals surface area contributed by atoms with E-state index in [2.05, 4.69) is 79.1 Å². The molecule has 0 aromatic carbocycles. The SMILES string of the molecule is CC/C=C\CC1OC1C/C=C\C/C=C\C/C=C\C/C=C\CCC(=O)OC[C@H](COP(=O)(O)O)OC(=O)CCCCCCCCCCC/C=C\CCCCCCCC. The Morgan fingerprint density at radius 1 is 0.561 bits per heavy atom. The van der Waals surface area contributed by atoms with Gasteiger partial charge in [-0.3, -0.25) is 14.1 Å². The maximum Gasteiger partial charge on any atom is 0.469 e. The van der Waals surface area contributed by atoms with Crippen LogP contribution in [-0.2, 0) is 32.9 Å². The fourth-order valence-corrected chi connectivity index (χ4v) is 6.56. The molecule has 9 nitrogen and oxygen atoms in total. The monoisotopic (exact) mass is 819 g/mol. The van der Waals surface area contributed by atoms with Crippen LogP contribution in [-0.4, -0.2) is 53.3 Å². The van der Waals surface area contributed by atoms with Gasteiger partial charge in [-0.1, -0.05) is 164 Å². The van der Waals surface area contributed by atoms with Gasteiger partial charge in [-0.2, -0.15) is 0 Å². The Bertz CT molecular complexity index is 1220. The van der Waals surface area contributed by atoms with E-state index in [0.717, 1.165) is 57.8 Å². The number of rotatable bonds is 39. The second-order valence-corrected chi connectivity index (χ2v) is 16.3. The summed E-state index contributed by atoms with van der Waals surface area (Å²) < 4.78 is 32.0. The van der Waals surface area contributed by atoms with E-state index in [1.54, 1.807) is 0 Å². The van der Waals surface area contributed by atoms with Crippen molar-refractivity contribution in [3.63, 3.8) is 0 Å². The first-order valence-corrected chi connectivity index (χ1v) is 23.9. The van der Waals surface area contributed by atoms with Crippen molar-refractivity contribution in [3.05, 3.63) is 72.9 Å². The van der Waals surface area contributed by atoms with E-state index in [-0.39, 0.29) is 19.4 Å². The van der Waals surface area contributed by atoms with Gasteiger partial charge in [-0.15, -0.1) is 0 Å². The van der Waals surface area contributed by atoms with E-state index in [0.29, 0.717) is 25.0 Å². The average molecular weight is 819 g/mol. The maximum absolute atomic E-state index is 12.4. The Morgan fingerprint density at radius 2 is 1.04 bits per heavy atom. The van der Waals surface area contributed by atoms with Crippen LogP contribution in [0.4, 0.5) is 0 Å². The lowest BCUT2D eigenvalue weighted by atomic mass is 10.1. The minimum Gasteiger partial charge on any atom is -0.462 e. The lowest BCUT2D eigenvalue weighted by Gasteiger charge is -2.18. The number of hydrogen-bond acceptors (Lipinski definition) is 7. The molecule has 1 heterocycles. The van der Waals surface area contributed by atoms with Crippen molar-refractivity contribution in [1.29, 1.82) is 0 Å². The van der Waals surface area contributed by atoms with Crippen molar-refractivity contribution in [2.24, 2.45) is 0 Å². The summed E-state index contributed by atoms with van der Waals surface area (Å²) in [5, 5.41) is 0. The highest BCUT2D eigenvalue weighted by Crippen LogP contribution is 2.36. The molecule has 1 aliphatic rings. The van der Waals surface area contributed by atoms with Crippen molar-refractivity contribution in [3.8, 4) is 0 Å². The van der Waals surface area contributed by atoms with Gasteiger partial charge < -0.3 is 24.0 Å². The number of unbranched alkanes of at least 4 members (excludes halogenated alkanes) is 15. The van der Waals surface area contributed by atoms with Gasteiger partial charge in [0.1, 0.15) is 6.61 Å². The highest BCUT2D eigenvalue weighted by Gasteiger charge is 2.35. The molecule has 3 atom stereocenters. The van der Waals surface area contributed by atoms with Crippen LogP contribution in [0.1, 0.15) is 181 Å². The van der Waals surface area contributed by atoms with Crippen LogP contribution in [0.25, 0.3) is 0 Å². The van der Waals surface area contributed by atoms with Gasteiger partial charge in [0, 0.05) is 12.8 Å². The molecule has 2 N–H and O–H groups in total. The molecule has 1 rings (SSSR count). The first-order chi connectivity index (χ1) is 27.7. The summed E-state index contributed by atoms with van der Waals surface area (Å²) >= 11 is 0. The zero-order chi connectivity index (χ0) is 41.5. The first-order valence-electron chi connectivity index (χ1n) is 22.4. The smallest absolute Gasteiger partial charge is 0.462 e. The van der Waals surface area contributed by atoms with Gasteiger partial charge in [0.25, 0.3) is 0 Å². The largest absolute Gasteiger partial charge is 0.469 e. The summed E-state index contributed by atoms with van der Waals surface area (Å²) in [5.74, 6) is -0.991. The fourth-order valence-electron chi connectivity index (χ4n) is 6.20. The number of esters is 2. The molecular formula is C47H79O9P. The molecule has 10 heteroatoms. The average Bonchev–Trinajstić information content (AvgIpc) is 3.94. The molecular weight excluding hydrogens is 739 g/mol. The van der Waals surface area contributed by atoms with Crippen molar-refractivity contribution in [2.75, 3.05) is 13.2 Å². The molecule has 0 radical (unpaired) electrons. The Kier molecular flexibility index (Phi) is 34.7. The summed E-state index contributed by atoms with van der Waals surface area (Å²) in [6.07, 6.45) is 52.5. The number of phosphoric ester groups is 1. The van der Waals surface area contributed by atoms with Crippen molar-refractivity contribution in [2.45, 2.75) is 199 Å². The van der Waals surface area contributed by atoms with E-state index in [9.17, 15) is 14.2 Å². The molecule has 1 fully saturated rings. The molecule has 1 saturated heterocycles. The van der Waals surface area contributed by atoms with Gasteiger partial charge in [-0.05, 0) is 77.0 Å². The molecule has 0 saturated carbocycles. The molecule has 57 heavy (non-hydrogen) atoms. The molecule has 0 spiro atoms. The van der Waals surface area contributed by atoms with Gasteiger partial charge in [0.2, 0.25) is 0 Å². The minimum absolute atomic E-state index is 0.136. The topological polar surface area (TPSA) is 132 Å². The normalized spacial score (nSPS) is 16.7. The first kappa shape index (κ1) is 52.5.